The molecule has 0 aliphatic heterocycles. The van der Waals surface area contributed by atoms with E-state index in [9.17, 15) is 15.0 Å². The van der Waals surface area contributed by atoms with Crippen LogP contribution in [0.5, 0.6) is 11.5 Å². The van der Waals surface area contributed by atoms with E-state index in [1.54, 1.807) is 12.1 Å². The minimum atomic E-state index is -1.43. The lowest BCUT2D eigenvalue weighted by Crippen LogP contribution is -2.01. The average Bonchev–Trinajstić information content (AvgIpc) is 2.71. The fourth-order valence-corrected chi connectivity index (χ4v) is 2.31. The number of aliphatic carboxylic acids is 1. The van der Waals surface area contributed by atoms with Crippen molar-refractivity contribution in [1.29, 1.82) is 0 Å². The standard InChI is InChI=1S/C19H14O3.C2H2O3/c20-17-8-4-7-16(19(17)22)18(21)15-11-9-14(10-12-15)13-5-2-1-3-6-13;3-1-2(4)5/h1-12,20,22H;1H,(H,4,5). The van der Waals surface area contributed by atoms with Crippen molar-refractivity contribution in [2.45, 2.75) is 0 Å². The van der Waals surface area contributed by atoms with Crippen LogP contribution < -0.4 is 0 Å². The van der Waals surface area contributed by atoms with Crippen LogP contribution in [0.1, 0.15) is 15.9 Å². The number of aromatic hydroxyl groups is 2. The summed E-state index contributed by atoms with van der Waals surface area (Å²) in [6.07, 6.45) is -0.167. The quantitative estimate of drug-likeness (QED) is 0.283. The number of carboxylic acid groups (broad SMARTS) is 1. The van der Waals surface area contributed by atoms with E-state index >= 15 is 0 Å². The molecule has 0 aliphatic rings. The molecule has 0 saturated carbocycles. The minimum absolute atomic E-state index is 0.0902. The Morgan fingerprint density at radius 2 is 1.30 bits per heavy atom. The van der Waals surface area contributed by atoms with Gasteiger partial charge < -0.3 is 15.3 Å². The van der Waals surface area contributed by atoms with Crippen LogP contribution in [0.25, 0.3) is 11.1 Å². The van der Waals surface area contributed by atoms with Gasteiger partial charge in [-0.2, -0.15) is 0 Å². The second-order valence-electron chi connectivity index (χ2n) is 5.40. The number of para-hydroxylation sites is 1. The number of ketones is 1. The summed E-state index contributed by atoms with van der Waals surface area (Å²) in [4.78, 5) is 30.3. The first kappa shape index (κ1) is 19.4. The molecule has 0 aliphatic carbocycles. The second-order valence-corrected chi connectivity index (χ2v) is 5.40. The number of carboxylic acids is 1. The van der Waals surface area contributed by atoms with E-state index in [1.165, 1.54) is 18.2 Å². The second kappa shape index (κ2) is 8.96. The molecule has 0 spiro atoms. The van der Waals surface area contributed by atoms with Crippen LogP contribution in [0.4, 0.5) is 0 Å². The Labute approximate surface area is 155 Å². The highest BCUT2D eigenvalue weighted by Crippen LogP contribution is 2.30. The lowest BCUT2D eigenvalue weighted by atomic mass is 9.99. The van der Waals surface area contributed by atoms with Crippen molar-refractivity contribution in [3.8, 4) is 22.6 Å². The van der Waals surface area contributed by atoms with E-state index in [1.807, 2.05) is 42.5 Å². The molecule has 0 unspecified atom stereocenters. The normalized spacial score (nSPS) is 9.63. The zero-order chi connectivity index (χ0) is 19.8. The van der Waals surface area contributed by atoms with Crippen molar-refractivity contribution in [2.75, 3.05) is 0 Å². The molecule has 0 fully saturated rings. The van der Waals surface area contributed by atoms with Crippen LogP contribution in [0.3, 0.4) is 0 Å². The highest BCUT2D eigenvalue weighted by Gasteiger charge is 2.15. The maximum absolute atomic E-state index is 12.4. The fraction of sp³-hybridized carbons (Fsp3) is 0. The Morgan fingerprint density at radius 1 is 0.741 bits per heavy atom. The number of phenolic OH excluding ortho intramolecular Hbond substituents is 2. The maximum atomic E-state index is 12.4. The molecule has 27 heavy (non-hydrogen) atoms. The molecule has 3 aromatic carbocycles. The van der Waals surface area contributed by atoms with Crippen molar-refractivity contribution < 1.29 is 29.7 Å². The maximum Gasteiger partial charge on any atom is 0.368 e. The first-order valence-electron chi connectivity index (χ1n) is 7.83. The highest BCUT2D eigenvalue weighted by atomic mass is 16.4. The highest BCUT2D eigenvalue weighted by molar-refractivity contribution is 6.19. The summed E-state index contributed by atoms with van der Waals surface area (Å²) < 4.78 is 0. The molecule has 3 N–H and O–H groups in total. The SMILES string of the molecule is O=C(c1ccc(-c2ccccc2)cc1)c1cccc(O)c1O.O=CC(=O)O. The van der Waals surface area contributed by atoms with Gasteiger partial charge in [0.2, 0.25) is 6.29 Å². The van der Waals surface area contributed by atoms with E-state index in [4.69, 9.17) is 14.7 Å². The lowest BCUT2D eigenvalue weighted by molar-refractivity contribution is -0.143. The molecule has 3 rings (SSSR count). The van der Waals surface area contributed by atoms with Crippen LogP contribution in [-0.2, 0) is 9.59 Å². The third-order valence-electron chi connectivity index (χ3n) is 3.61. The summed E-state index contributed by atoms with van der Waals surface area (Å²) in [5, 5.41) is 26.6. The number of phenols is 2. The van der Waals surface area contributed by atoms with Gasteiger partial charge in [0, 0.05) is 5.56 Å². The van der Waals surface area contributed by atoms with Gasteiger partial charge in [-0.3, -0.25) is 9.59 Å². The number of carbonyl (C=O) groups excluding carboxylic acids is 2. The number of rotatable bonds is 4. The third-order valence-corrected chi connectivity index (χ3v) is 3.61. The van der Waals surface area contributed by atoms with Crippen LogP contribution in [0, 0.1) is 0 Å². The largest absolute Gasteiger partial charge is 0.504 e. The number of carbonyl (C=O) groups is 3. The summed E-state index contributed by atoms with van der Waals surface area (Å²) in [7, 11) is 0. The van der Waals surface area contributed by atoms with E-state index in [2.05, 4.69) is 0 Å². The minimum Gasteiger partial charge on any atom is -0.504 e. The number of hydrogen-bond acceptors (Lipinski definition) is 5. The van der Waals surface area contributed by atoms with Crippen molar-refractivity contribution in [3.63, 3.8) is 0 Å². The Bertz CT molecular complexity index is 946. The van der Waals surface area contributed by atoms with E-state index in [0.29, 0.717) is 5.56 Å². The summed E-state index contributed by atoms with van der Waals surface area (Å²) in [6, 6.07) is 21.4. The molecule has 0 saturated heterocycles. The predicted molar refractivity (Wildman–Crippen MR) is 98.8 cm³/mol. The molecular weight excluding hydrogens is 348 g/mol. The van der Waals surface area contributed by atoms with Crippen LogP contribution in [-0.4, -0.2) is 33.4 Å². The average molecular weight is 364 g/mol. The van der Waals surface area contributed by atoms with Gasteiger partial charge in [-0.05, 0) is 23.3 Å². The van der Waals surface area contributed by atoms with Crippen LogP contribution in [0.2, 0.25) is 0 Å². The summed E-state index contributed by atoms with van der Waals surface area (Å²) in [5.74, 6) is -2.44. The first-order chi connectivity index (χ1) is 12.9. The van der Waals surface area contributed by atoms with Gasteiger partial charge in [0.05, 0.1) is 5.56 Å². The zero-order valence-electron chi connectivity index (χ0n) is 14.1. The molecule has 0 heterocycles. The molecular formula is C21H16O6. The Morgan fingerprint density at radius 3 is 1.85 bits per heavy atom. The number of hydrogen-bond donors (Lipinski definition) is 3. The molecule has 6 heteroatoms. The molecule has 0 aromatic heterocycles. The third kappa shape index (κ3) is 5.02. The van der Waals surface area contributed by atoms with Crippen LogP contribution in [0.15, 0.2) is 72.8 Å². The lowest BCUT2D eigenvalue weighted by Gasteiger charge is -2.06. The first-order valence-corrected chi connectivity index (χ1v) is 7.83. The van der Waals surface area contributed by atoms with Crippen molar-refractivity contribution >= 4 is 18.0 Å². The summed E-state index contributed by atoms with van der Waals surface area (Å²) in [6.45, 7) is 0. The Kier molecular flexibility index (Phi) is 6.44. The smallest absolute Gasteiger partial charge is 0.368 e. The number of aldehydes is 1. The molecule has 0 amide bonds. The molecule has 0 atom stereocenters. The van der Waals surface area contributed by atoms with Gasteiger partial charge in [0.15, 0.2) is 17.3 Å². The monoisotopic (exact) mass is 364 g/mol. The van der Waals surface area contributed by atoms with E-state index in [0.717, 1.165) is 11.1 Å². The van der Waals surface area contributed by atoms with Crippen molar-refractivity contribution in [2.24, 2.45) is 0 Å². The molecule has 0 radical (unpaired) electrons. The number of benzene rings is 3. The van der Waals surface area contributed by atoms with Gasteiger partial charge in [-0.1, -0.05) is 60.7 Å². The Balaban J connectivity index is 0.000000465. The molecule has 136 valence electrons. The van der Waals surface area contributed by atoms with Gasteiger partial charge in [-0.15, -0.1) is 0 Å². The van der Waals surface area contributed by atoms with Crippen LogP contribution >= 0.6 is 0 Å². The molecule has 6 nitrogen and oxygen atoms in total. The molecule has 3 aromatic rings. The van der Waals surface area contributed by atoms with Crippen molar-refractivity contribution in [3.05, 3.63) is 83.9 Å². The predicted octanol–water partition coefficient (Wildman–Crippen LogP) is 3.27. The van der Waals surface area contributed by atoms with Gasteiger partial charge in [0.1, 0.15) is 0 Å². The summed E-state index contributed by atoms with van der Waals surface area (Å²) in [5.41, 5.74) is 2.63. The zero-order valence-corrected chi connectivity index (χ0v) is 14.1. The van der Waals surface area contributed by atoms with Gasteiger partial charge in [0.25, 0.3) is 0 Å². The van der Waals surface area contributed by atoms with E-state index < -0.39 is 5.97 Å². The van der Waals surface area contributed by atoms with E-state index in [-0.39, 0.29) is 29.1 Å². The fourth-order valence-electron chi connectivity index (χ4n) is 2.31. The Hall–Kier alpha value is -3.93. The van der Waals surface area contributed by atoms with Gasteiger partial charge in [-0.25, -0.2) is 4.79 Å². The topological polar surface area (TPSA) is 112 Å². The summed E-state index contributed by atoms with van der Waals surface area (Å²) >= 11 is 0. The van der Waals surface area contributed by atoms with Gasteiger partial charge >= 0.3 is 5.97 Å². The molecule has 0 bridgehead atoms. The van der Waals surface area contributed by atoms with Crippen molar-refractivity contribution in [1.82, 2.24) is 0 Å².